The van der Waals surface area contributed by atoms with Crippen molar-refractivity contribution in [1.29, 1.82) is 0 Å². The number of aryl methyl sites for hydroxylation is 1. The van der Waals surface area contributed by atoms with Crippen molar-refractivity contribution in [3.63, 3.8) is 0 Å². The molecule has 0 atom stereocenters. The molecule has 0 aliphatic heterocycles. The first-order valence-corrected chi connectivity index (χ1v) is 5.67. The Balaban J connectivity index is 0.00000324. The summed E-state index contributed by atoms with van der Waals surface area (Å²) in [6, 6.07) is 5.06. The fourth-order valence-electron chi connectivity index (χ4n) is 1.82. The van der Waals surface area contributed by atoms with Crippen LogP contribution in [-0.4, -0.2) is 49.7 Å². The van der Waals surface area contributed by atoms with E-state index in [0.29, 0.717) is 5.56 Å². The fraction of sp³-hybridized carbons (Fsp3) is 0.429. The van der Waals surface area contributed by atoms with Crippen LogP contribution in [-0.2, 0) is 15.0 Å². The Hall–Kier alpha value is -0.580. The molecule has 5 heteroatoms. The van der Waals surface area contributed by atoms with E-state index < -0.39 is 17.9 Å². The molecule has 0 aromatic heterocycles. The molecule has 1 aromatic carbocycles. The van der Waals surface area contributed by atoms with Crippen molar-refractivity contribution in [2.24, 2.45) is 0 Å². The smallest absolute Gasteiger partial charge is 0.549 e. The van der Waals surface area contributed by atoms with E-state index in [4.69, 9.17) is 0 Å². The Morgan fingerprint density at radius 2 is 1.58 bits per heavy atom. The number of carboxylic acids is 2. The molecule has 4 nitrogen and oxygen atoms in total. The van der Waals surface area contributed by atoms with Gasteiger partial charge in [0.2, 0.25) is 0 Å². The summed E-state index contributed by atoms with van der Waals surface area (Å²) in [5.41, 5.74) is 1.75. The van der Waals surface area contributed by atoms with E-state index in [1.54, 1.807) is 19.1 Å². The monoisotopic (exact) mass is 288 g/mol. The molecule has 0 saturated heterocycles. The van der Waals surface area contributed by atoms with Gasteiger partial charge in [-0.25, -0.2) is 0 Å². The SMILES string of the molecule is Cc1cc(C(C)(C)C)ccc1C(C(=O)[O-])C(=O)[O-].[Ca+2]. The van der Waals surface area contributed by atoms with Crippen LogP contribution in [0.2, 0.25) is 0 Å². The molecule has 0 amide bonds. The molecule has 0 aliphatic rings. The van der Waals surface area contributed by atoms with Gasteiger partial charge in [0.15, 0.2) is 0 Å². The molecule has 0 fully saturated rings. The zero-order valence-electron chi connectivity index (χ0n) is 11.6. The van der Waals surface area contributed by atoms with E-state index in [2.05, 4.69) is 0 Å². The molecule has 0 heterocycles. The number of hydrogen-bond acceptors (Lipinski definition) is 4. The molecule has 0 unspecified atom stereocenters. The molecule has 0 saturated carbocycles. The Kier molecular flexibility index (Phi) is 6.52. The summed E-state index contributed by atoms with van der Waals surface area (Å²) in [7, 11) is 0. The van der Waals surface area contributed by atoms with Gasteiger partial charge in [-0.15, -0.1) is 0 Å². The third kappa shape index (κ3) is 4.48. The van der Waals surface area contributed by atoms with Crippen molar-refractivity contribution in [3.05, 3.63) is 34.9 Å². The van der Waals surface area contributed by atoms with Crippen LogP contribution < -0.4 is 10.2 Å². The summed E-state index contributed by atoms with van der Waals surface area (Å²) in [6.07, 6.45) is 0. The van der Waals surface area contributed by atoms with Crippen LogP contribution in [0.15, 0.2) is 18.2 Å². The minimum atomic E-state index is -1.72. The summed E-state index contributed by atoms with van der Waals surface area (Å²) in [6.45, 7) is 7.76. The van der Waals surface area contributed by atoms with Gasteiger partial charge in [-0.3, -0.25) is 0 Å². The molecule has 1 aromatic rings. The molecule has 98 valence electrons. The molecule has 0 radical (unpaired) electrons. The third-order valence-electron chi connectivity index (χ3n) is 2.92. The summed E-state index contributed by atoms with van der Waals surface area (Å²) in [5.74, 6) is -5.03. The van der Waals surface area contributed by atoms with E-state index in [1.165, 1.54) is 6.07 Å². The molecular weight excluding hydrogens is 272 g/mol. The predicted molar refractivity (Wildman–Crippen MR) is 68.4 cm³/mol. The minimum Gasteiger partial charge on any atom is -0.549 e. The van der Waals surface area contributed by atoms with Crippen LogP contribution in [0, 0.1) is 6.92 Å². The van der Waals surface area contributed by atoms with Crippen LogP contribution in [0.3, 0.4) is 0 Å². The average Bonchev–Trinajstić information content (AvgIpc) is 2.18. The quantitative estimate of drug-likeness (QED) is 0.554. The third-order valence-corrected chi connectivity index (χ3v) is 2.92. The first kappa shape index (κ1) is 18.4. The summed E-state index contributed by atoms with van der Waals surface area (Å²) in [4.78, 5) is 21.7. The summed E-state index contributed by atoms with van der Waals surface area (Å²) >= 11 is 0. The van der Waals surface area contributed by atoms with Gasteiger partial charge in [0.05, 0.1) is 17.9 Å². The normalized spacial score (nSPS) is 11.0. The van der Waals surface area contributed by atoms with Crippen LogP contribution >= 0.6 is 0 Å². The van der Waals surface area contributed by atoms with Crippen LogP contribution in [0.1, 0.15) is 43.4 Å². The first-order chi connectivity index (χ1) is 8.14. The number of carbonyl (C=O) groups excluding carboxylic acids is 2. The van der Waals surface area contributed by atoms with E-state index in [0.717, 1.165) is 5.56 Å². The van der Waals surface area contributed by atoms with E-state index >= 15 is 0 Å². The zero-order chi connectivity index (χ0) is 14.1. The van der Waals surface area contributed by atoms with Gasteiger partial charge in [0.1, 0.15) is 0 Å². The zero-order valence-corrected chi connectivity index (χ0v) is 13.9. The van der Waals surface area contributed by atoms with Crippen molar-refractivity contribution in [2.45, 2.75) is 39.0 Å². The Morgan fingerprint density at radius 3 is 1.89 bits per heavy atom. The number of rotatable bonds is 3. The molecule has 0 N–H and O–H groups in total. The minimum absolute atomic E-state index is 0. The fourth-order valence-corrected chi connectivity index (χ4v) is 1.82. The molecule has 19 heavy (non-hydrogen) atoms. The van der Waals surface area contributed by atoms with Gasteiger partial charge < -0.3 is 19.8 Å². The second-order valence-electron chi connectivity index (χ2n) is 5.39. The standard InChI is InChI=1S/C14H18O4.Ca/c1-8-7-9(14(2,3)4)5-6-10(8)11(12(15)16)13(17)18;/h5-7,11H,1-4H3,(H,15,16)(H,17,18);/q;+2/p-2. The summed E-state index contributed by atoms with van der Waals surface area (Å²) < 4.78 is 0. The Morgan fingerprint density at radius 1 is 1.11 bits per heavy atom. The van der Waals surface area contributed by atoms with Crippen molar-refractivity contribution < 1.29 is 19.8 Å². The van der Waals surface area contributed by atoms with Gasteiger partial charge in [0.25, 0.3) is 0 Å². The van der Waals surface area contributed by atoms with Gasteiger partial charge in [0, 0.05) is 0 Å². The van der Waals surface area contributed by atoms with E-state index in [9.17, 15) is 19.8 Å². The van der Waals surface area contributed by atoms with E-state index in [1.807, 2.05) is 20.8 Å². The van der Waals surface area contributed by atoms with Gasteiger partial charge >= 0.3 is 37.7 Å². The number of benzene rings is 1. The van der Waals surface area contributed by atoms with Crippen molar-refractivity contribution in [1.82, 2.24) is 0 Å². The molecule has 0 bridgehead atoms. The van der Waals surface area contributed by atoms with Gasteiger partial charge in [-0.05, 0) is 29.0 Å². The second-order valence-corrected chi connectivity index (χ2v) is 5.39. The molecule has 0 spiro atoms. The summed E-state index contributed by atoms with van der Waals surface area (Å²) in [5, 5.41) is 21.7. The topological polar surface area (TPSA) is 80.3 Å². The van der Waals surface area contributed by atoms with Gasteiger partial charge in [-0.2, -0.15) is 0 Å². The van der Waals surface area contributed by atoms with Gasteiger partial charge in [-0.1, -0.05) is 39.0 Å². The van der Waals surface area contributed by atoms with Crippen LogP contribution in [0.25, 0.3) is 0 Å². The predicted octanol–water partition coefficient (Wildman–Crippen LogP) is -0.505. The molecule has 1 rings (SSSR count). The van der Waals surface area contributed by atoms with Crippen molar-refractivity contribution in [3.8, 4) is 0 Å². The Bertz CT molecular complexity index is 475. The first-order valence-electron chi connectivity index (χ1n) is 5.67. The van der Waals surface area contributed by atoms with Crippen LogP contribution in [0.5, 0.6) is 0 Å². The number of carboxylic acid groups (broad SMARTS) is 2. The van der Waals surface area contributed by atoms with Crippen molar-refractivity contribution in [2.75, 3.05) is 0 Å². The number of hydrogen-bond donors (Lipinski definition) is 0. The number of aliphatic carboxylic acids is 2. The van der Waals surface area contributed by atoms with Crippen molar-refractivity contribution >= 4 is 49.7 Å². The maximum absolute atomic E-state index is 10.8. The molecule has 0 aliphatic carbocycles. The Labute approximate surface area is 142 Å². The number of carbonyl (C=O) groups is 2. The maximum atomic E-state index is 10.8. The second kappa shape index (κ2) is 6.73. The average molecular weight is 288 g/mol. The maximum Gasteiger partial charge on any atom is 2.00 e. The molecular formula is C14H16CaO4. The van der Waals surface area contributed by atoms with Crippen LogP contribution in [0.4, 0.5) is 0 Å². The largest absolute Gasteiger partial charge is 2.00 e. The van der Waals surface area contributed by atoms with E-state index in [-0.39, 0.29) is 48.7 Å².